The highest BCUT2D eigenvalue weighted by Crippen LogP contribution is 2.31. The van der Waals surface area contributed by atoms with Crippen LogP contribution in [0.1, 0.15) is 18.1 Å². The zero-order valence-electron chi connectivity index (χ0n) is 17.3. The van der Waals surface area contributed by atoms with Gasteiger partial charge in [-0.1, -0.05) is 64.5 Å². The van der Waals surface area contributed by atoms with Crippen LogP contribution in [-0.4, -0.2) is 41.2 Å². The van der Waals surface area contributed by atoms with Gasteiger partial charge in [0.15, 0.2) is 0 Å². The van der Waals surface area contributed by atoms with E-state index in [4.69, 9.17) is 0 Å². The molecule has 31 heavy (non-hydrogen) atoms. The molecule has 1 heterocycles. The second-order valence-corrected chi connectivity index (χ2v) is 8.80. The van der Waals surface area contributed by atoms with Gasteiger partial charge in [0, 0.05) is 18.1 Å². The molecule has 1 fully saturated rings. The van der Waals surface area contributed by atoms with Gasteiger partial charge in [0.05, 0.1) is 0 Å². The first-order valence-corrected chi connectivity index (χ1v) is 10.7. The third-order valence-electron chi connectivity index (χ3n) is 5.65. The Morgan fingerprint density at radius 2 is 1.71 bits per heavy atom. The molecule has 158 valence electrons. The minimum atomic E-state index is -1.22. The van der Waals surface area contributed by atoms with Crippen LogP contribution in [0.25, 0.3) is 10.8 Å². The molecule has 1 atom stereocenters. The fourth-order valence-electron chi connectivity index (χ4n) is 3.74. The molecule has 3 aromatic carbocycles. The van der Waals surface area contributed by atoms with E-state index in [-0.39, 0.29) is 12.5 Å². The molecule has 4 amide bonds. The minimum Gasteiger partial charge on any atom is -0.340 e. The van der Waals surface area contributed by atoms with Gasteiger partial charge >= 0.3 is 6.03 Å². The normalized spacial score (nSPS) is 18.4. The van der Waals surface area contributed by atoms with Crippen LogP contribution in [0.4, 0.5) is 4.79 Å². The van der Waals surface area contributed by atoms with E-state index in [1.807, 2.05) is 66.7 Å². The molecule has 1 aliphatic rings. The van der Waals surface area contributed by atoms with Crippen molar-refractivity contribution in [3.8, 4) is 0 Å². The van der Waals surface area contributed by atoms with E-state index in [0.29, 0.717) is 12.1 Å². The molecular weight excluding hydrogens is 458 g/mol. The lowest BCUT2D eigenvalue weighted by molar-refractivity contribution is -0.138. The van der Waals surface area contributed by atoms with Crippen LogP contribution in [0.3, 0.4) is 0 Å². The number of halogens is 1. The van der Waals surface area contributed by atoms with Crippen LogP contribution in [0.2, 0.25) is 0 Å². The van der Waals surface area contributed by atoms with Crippen LogP contribution in [0.5, 0.6) is 0 Å². The van der Waals surface area contributed by atoms with E-state index < -0.39 is 17.5 Å². The molecule has 3 aromatic rings. The number of nitrogens with zero attached hydrogens (tertiary/aromatic N) is 2. The summed E-state index contributed by atoms with van der Waals surface area (Å²) < 4.78 is 0.956. The van der Waals surface area contributed by atoms with Crippen molar-refractivity contribution in [1.82, 2.24) is 15.1 Å². The zero-order valence-corrected chi connectivity index (χ0v) is 18.8. The minimum absolute atomic E-state index is 0.305. The van der Waals surface area contributed by atoms with Crippen LogP contribution in [-0.2, 0) is 21.7 Å². The number of nitrogens with one attached hydrogen (secondary N) is 1. The molecule has 1 N–H and O–H groups in total. The SMILES string of the molecule is CN(Cc1ccc(Br)cc1)C(=O)CN1C(=O)NC(C)(c2ccc3ccccc3c2)C1=O. The fourth-order valence-corrected chi connectivity index (χ4v) is 4.01. The number of carbonyl (C=O) groups excluding carboxylic acids is 3. The molecule has 0 radical (unpaired) electrons. The van der Waals surface area contributed by atoms with Crippen LogP contribution >= 0.6 is 15.9 Å². The van der Waals surface area contributed by atoms with Gasteiger partial charge in [-0.15, -0.1) is 0 Å². The summed E-state index contributed by atoms with van der Waals surface area (Å²) in [4.78, 5) is 41.0. The molecule has 0 bridgehead atoms. The Balaban J connectivity index is 1.50. The van der Waals surface area contributed by atoms with Gasteiger partial charge in [0.2, 0.25) is 5.91 Å². The summed E-state index contributed by atoms with van der Waals surface area (Å²) in [5.41, 5.74) is 0.422. The summed E-state index contributed by atoms with van der Waals surface area (Å²) in [5, 5.41) is 4.80. The van der Waals surface area contributed by atoms with Crippen molar-refractivity contribution >= 4 is 44.5 Å². The fraction of sp³-hybridized carbons (Fsp3) is 0.208. The Kier molecular flexibility index (Phi) is 5.54. The number of amides is 4. The van der Waals surface area contributed by atoms with Crippen molar-refractivity contribution in [3.63, 3.8) is 0 Å². The molecular formula is C24H22BrN3O3. The molecule has 1 aliphatic heterocycles. The Morgan fingerprint density at radius 1 is 1.03 bits per heavy atom. The largest absolute Gasteiger partial charge is 0.340 e. The summed E-state index contributed by atoms with van der Waals surface area (Å²) in [5.74, 6) is -0.743. The molecule has 0 spiro atoms. The van der Waals surface area contributed by atoms with Crippen molar-refractivity contribution in [1.29, 1.82) is 0 Å². The molecule has 6 nitrogen and oxygen atoms in total. The van der Waals surface area contributed by atoms with Gasteiger partial charge in [-0.3, -0.25) is 14.5 Å². The second-order valence-electron chi connectivity index (χ2n) is 7.88. The standard InChI is InChI=1S/C24H22BrN3O3/c1-24(19-10-9-17-5-3-4-6-18(17)13-19)22(30)28(23(31)26-24)15-21(29)27(2)14-16-7-11-20(25)12-8-16/h3-13H,14-15H2,1-2H3,(H,26,31). The number of imide groups is 1. The van der Waals surface area contributed by atoms with Crippen LogP contribution in [0, 0.1) is 0 Å². The highest BCUT2D eigenvalue weighted by molar-refractivity contribution is 9.10. The zero-order chi connectivity index (χ0) is 22.2. The van der Waals surface area contributed by atoms with Crippen molar-refractivity contribution < 1.29 is 14.4 Å². The Labute approximate surface area is 189 Å². The average molecular weight is 480 g/mol. The smallest absolute Gasteiger partial charge is 0.325 e. The number of rotatable bonds is 5. The van der Waals surface area contributed by atoms with Gasteiger partial charge in [-0.25, -0.2) is 4.79 Å². The summed E-state index contributed by atoms with van der Waals surface area (Å²) in [6.07, 6.45) is 0. The predicted octanol–water partition coefficient (Wildman–Crippen LogP) is 4.03. The second kappa shape index (κ2) is 8.15. The quantitative estimate of drug-likeness (QED) is 0.561. The number of hydrogen-bond donors (Lipinski definition) is 1. The maximum absolute atomic E-state index is 13.2. The molecule has 4 rings (SSSR count). The van der Waals surface area contributed by atoms with E-state index in [2.05, 4.69) is 21.2 Å². The van der Waals surface area contributed by atoms with Crippen LogP contribution in [0.15, 0.2) is 71.2 Å². The lowest BCUT2D eigenvalue weighted by Gasteiger charge is -2.23. The lowest BCUT2D eigenvalue weighted by Crippen LogP contribution is -2.43. The molecule has 1 unspecified atom stereocenters. The monoisotopic (exact) mass is 479 g/mol. The maximum Gasteiger partial charge on any atom is 0.325 e. The van der Waals surface area contributed by atoms with Crippen molar-refractivity contribution in [3.05, 3.63) is 82.3 Å². The lowest BCUT2D eigenvalue weighted by atomic mass is 9.90. The van der Waals surface area contributed by atoms with Crippen LogP contribution < -0.4 is 5.32 Å². The third kappa shape index (κ3) is 4.05. The van der Waals surface area contributed by atoms with Gasteiger partial charge in [-0.2, -0.15) is 0 Å². The van der Waals surface area contributed by atoms with E-state index in [1.165, 1.54) is 4.90 Å². The number of fused-ring (bicyclic) bond motifs is 1. The average Bonchev–Trinajstić information content (AvgIpc) is 2.98. The third-order valence-corrected chi connectivity index (χ3v) is 6.18. The van der Waals surface area contributed by atoms with Crippen molar-refractivity contribution in [2.24, 2.45) is 0 Å². The molecule has 1 saturated heterocycles. The first-order chi connectivity index (χ1) is 14.8. The van der Waals surface area contributed by atoms with Gasteiger partial charge in [0.25, 0.3) is 5.91 Å². The van der Waals surface area contributed by atoms with Crippen molar-refractivity contribution in [2.45, 2.75) is 19.0 Å². The highest BCUT2D eigenvalue weighted by atomic mass is 79.9. The van der Waals surface area contributed by atoms with Gasteiger partial charge < -0.3 is 10.2 Å². The van der Waals surface area contributed by atoms with Gasteiger partial charge in [-0.05, 0) is 47.0 Å². The number of likely N-dealkylation sites (N-methyl/N-ethyl adjacent to an activating group) is 1. The molecule has 7 heteroatoms. The Hall–Kier alpha value is -3.19. The highest BCUT2D eigenvalue weighted by Gasteiger charge is 2.49. The van der Waals surface area contributed by atoms with E-state index >= 15 is 0 Å². The molecule has 0 aliphatic carbocycles. The summed E-state index contributed by atoms with van der Waals surface area (Å²) in [6, 6.07) is 20.6. The van der Waals surface area contributed by atoms with Gasteiger partial charge in [0.1, 0.15) is 12.1 Å². The molecule has 0 saturated carbocycles. The molecule has 0 aromatic heterocycles. The number of hydrogen-bond acceptors (Lipinski definition) is 3. The number of urea groups is 1. The predicted molar refractivity (Wildman–Crippen MR) is 122 cm³/mol. The van der Waals surface area contributed by atoms with Crippen molar-refractivity contribution in [2.75, 3.05) is 13.6 Å². The maximum atomic E-state index is 13.2. The Bertz CT molecular complexity index is 1180. The first kappa shape index (κ1) is 21.1. The Morgan fingerprint density at radius 3 is 2.42 bits per heavy atom. The first-order valence-electron chi connectivity index (χ1n) is 9.90. The summed E-state index contributed by atoms with van der Waals surface area (Å²) >= 11 is 3.39. The number of benzene rings is 3. The summed E-state index contributed by atoms with van der Waals surface area (Å²) in [7, 11) is 1.66. The number of carbonyl (C=O) groups is 3. The van der Waals surface area contributed by atoms with E-state index in [0.717, 1.165) is 25.7 Å². The summed E-state index contributed by atoms with van der Waals surface area (Å²) in [6.45, 7) is 1.76. The van der Waals surface area contributed by atoms with E-state index in [9.17, 15) is 14.4 Å². The van der Waals surface area contributed by atoms with E-state index in [1.54, 1.807) is 14.0 Å². The topological polar surface area (TPSA) is 69.7 Å².